The molecule has 0 fully saturated rings. The molecule has 2 rings (SSSR count). The number of hydrogen-bond donors (Lipinski definition) is 2. The Morgan fingerprint density at radius 1 is 1.20 bits per heavy atom. The summed E-state index contributed by atoms with van der Waals surface area (Å²) in [6.07, 6.45) is 13.3. The summed E-state index contributed by atoms with van der Waals surface area (Å²) in [5.41, 5.74) is -0.191. The van der Waals surface area contributed by atoms with Crippen LogP contribution in [0.5, 0.6) is 0 Å². The summed E-state index contributed by atoms with van der Waals surface area (Å²) in [6, 6.07) is 9.06. The van der Waals surface area contributed by atoms with Crippen LogP contribution in [-0.4, -0.2) is 34.5 Å². The fraction of sp³-hybridized carbons (Fsp3) is 0.381. The lowest BCUT2D eigenvalue weighted by atomic mass is 9.93. The molecule has 0 aliphatic heterocycles. The smallest absolute Gasteiger partial charge is 0.185 e. The number of aliphatic hydroxyl groups excluding tert-OH is 2. The summed E-state index contributed by atoms with van der Waals surface area (Å²) in [4.78, 5) is 12.3. The Balaban J connectivity index is 2.00. The predicted molar refractivity (Wildman–Crippen MR) is 98.2 cm³/mol. The van der Waals surface area contributed by atoms with Crippen molar-refractivity contribution in [3.05, 3.63) is 72.4 Å². The molecule has 1 aromatic carbocycles. The molecule has 25 heavy (non-hydrogen) atoms. The third-order valence-corrected chi connectivity index (χ3v) is 4.10. The van der Waals surface area contributed by atoms with Gasteiger partial charge in [-0.05, 0) is 37.5 Å². The van der Waals surface area contributed by atoms with Crippen molar-refractivity contribution in [2.24, 2.45) is 0 Å². The molecule has 1 aliphatic carbocycles. The van der Waals surface area contributed by atoms with E-state index in [4.69, 9.17) is 9.84 Å². The van der Waals surface area contributed by atoms with Gasteiger partial charge in [0.1, 0.15) is 5.60 Å². The molecule has 0 saturated heterocycles. The maximum atomic E-state index is 12.3. The van der Waals surface area contributed by atoms with Gasteiger partial charge in [-0.25, -0.2) is 0 Å². The molecule has 4 nitrogen and oxygen atoms in total. The second-order valence-electron chi connectivity index (χ2n) is 6.16. The highest BCUT2D eigenvalue weighted by molar-refractivity contribution is 6.04. The molecule has 2 unspecified atom stereocenters. The fourth-order valence-electron chi connectivity index (χ4n) is 2.70. The van der Waals surface area contributed by atoms with E-state index < -0.39 is 11.9 Å². The maximum absolute atomic E-state index is 12.3. The Morgan fingerprint density at radius 2 is 2.00 bits per heavy atom. The number of carbonyl (C=O) groups excluding carboxylic acids is 1. The van der Waals surface area contributed by atoms with Gasteiger partial charge in [-0.2, -0.15) is 0 Å². The van der Waals surface area contributed by atoms with Crippen LogP contribution in [0.2, 0.25) is 0 Å². The first kappa shape index (κ1) is 19.3. The molecule has 2 N–H and O–H groups in total. The van der Waals surface area contributed by atoms with Crippen molar-refractivity contribution in [3.8, 4) is 0 Å². The lowest BCUT2D eigenvalue weighted by molar-refractivity contribution is -0.152. The zero-order valence-corrected chi connectivity index (χ0v) is 14.4. The Kier molecular flexibility index (Phi) is 7.79. The van der Waals surface area contributed by atoms with Gasteiger partial charge in [0.15, 0.2) is 12.1 Å². The summed E-state index contributed by atoms with van der Waals surface area (Å²) in [5, 5.41) is 19.0. The Morgan fingerprint density at radius 3 is 2.68 bits per heavy atom. The van der Waals surface area contributed by atoms with Crippen molar-refractivity contribution in [3.63, 3.8) is 0 Å². The molecule has 0 spiro atoms. The lowest BCUT2D eigenvalue weighted by Gasteiger charge is -2.31. The number of benzene rings is 1. The van der Waals surface area contributed by atoms with Crippen LogP contribution in [0.15, 0.2) is 66.8 Å². The van der Waals surface area contributed by atoms with Crippen LogP contribution < -0.4 is 0 Å². The first-order valence-electron chi connectivity index (χ1n) is 8.75. The summed E-state index contributed by atoms with van der Waals surface area (Å²) in [6.45, 7) is 0.165. The molecule has 4 heteroatoms. The maximum Gasteiger partial charge on any atom is 0.185 e. The van der Waals surface area contributed by atoms with E-state index in [1.165, 1.54) is 6.08 Å². The van der Waals surface area contributed by atoms with E-state index in [-0.39, 0.29) is 12.4 Å². The van der Waals surface area contributed by atoms with Gasteiger partial charge >= 0.3 is 0 Å². The minimum Gasteiger partial charge on any atom is -0.396 e. The third-order valence-electron chi connectivity index (χ3n) is 4.10. The molecule has 0 heterocycles. The largest absolute Gasteiger partial charge is 0.396 e. The second kappa shape index (κ2) is 10.1. The fourth-order valence-corrected chi connectivity index (χ4v) is 2.70. The predicted octanol–water partition coefficient (Wildman–Crippen LogP) is 3.57. The molecule has 0 amide bonds. The SMILES string of the molecule is O=C(C=CC1(OC(O)CCCCCO)C=CC=CC1)c1ccccc1. The quantitative estimate of drug-likeness (QED) is 0.295. The zero-order chi connectivity index (χ0) is 18.0. The molecule has 0 radical (unpaired) electrons. The number of rotatable bonds is 10. The normalized spacial score (nSPS) is 20.9. The van der Waals surface area contributed by atoms with Gasteiger partial charge in [-0.3, -0.25) is 4.79 Å². The Labute approximate surface area is 149 Å². The summed E-state index contributed by atoms with van der Waals surface area (Å²) < 4.78 is 5.86. The summed E-state index contributed by atoms with van der Waals surface area (Å²) in [5.74, 6) is -0.0936. The molecular formula is C21H26O4. The minimum atomic E-state index is -0.911. The van der Waals surface area contributed by atoms with Crippen LogP contribution in [0.4, 0.5) is 0 Å². The van der Waals surface area contributed by atoms with Crippen LogP contribution in [0, 0.1) is 0 Å². The summed E-state index contributed by atoms with van der Waals surface area (Å²) in [7, 11) is 0. The second-order valence-corrected chi connectivity index (χ2v) is 6.16. The number of carbonyl (C=O) groups is 1. The van der Waals surface area contributed by atoms with Crippen LogP contribution in [-0.2, 0) is 4.74 Å². The highest BCUT2D eigenvalue weighted by atomic mass is 16.6. The van der Waals surface area contributed by atoms with E-state index in [1.54, 1.807) is 18.2 Å². The van der Waals surface area contributed by atoms with Crippen LogP contribution in [0.1, 0.15) is 42.5 Å². The molecule has 0 aromatic heterocycles. The average Bonchev–Trinajstić information content (AvgIpc) is 2.65. The number of hydrogen-bond acceptors (Lipinski definition) is 4. The van der Waals surface area contributed by atoms with Crippen molar-refractivity contribution in [2.45, 2.75) is 44.0 Å². The van der Waals surface area contributed by atoms with Crippen molar-refractivity contribution in [1.29, 1.82) is 0 Å². The van der Waals surface area contributed by atoms with Crippen molar-refractivity contribution in [2.75, 3.05) is 6.61 Å². The summed E-state index contributed by atoms with van der Waals surface area (Å²) >= 11 is 0. The topological polar surface area (TPSA) is 66.8 Å². The minimum absolute atomic E-state index is 0.0936. The van der Waals surface area contributed by atoms with Crippen molar-refractivity contribution >= 4 is 5.78 Å². The molecule has 0 bridgehead atoms. The number of aliphatic hydroxyl groups is 2. The highest BCUT2D eigenvalue weighted by Crippen LogP contribution is 2.27. The third kappa shape index (κ3) is 6.42. The van der Waals surface area contributed by atoms with Gasteiger partial charge in [0.05, 0.1) is 0 Å². The molecule has 1 aliphatic rings. The average molecular weight is 342 g/mol. The van der Waals surface area contributed by atoms with Crippen LogP contribution in [0.25, 0.3) is 0 Å². The first-order chi connectivity index (χ1) is 12.2. The van der Waals surface area contributed by atoms with Crippen molar-refractivity contribution < 1.29 is 19.7 Å². The van der Waals surface area contributed by atoms with Gasteiger partial charge in [-0.1, -0.05) is 55.0 Å². The van der Waals surface area contributed by atoms with E-state index in [2.05, 4.69) is 0 Å². The molecule has 2 atom stereocenters. The van der Waals surface area contributed by atoms with E-state index in [1.807, 2.05) is 42.5 Å². The van der Waals surface area contributed by atoms with E-state index in [0.29, 0.717) is 18.4 Å². The van der Waals surface area contributed by atoms with Gasteiger partial charge in [0, 0.05) is 18.6 Å². The van der Waals surface area contributed by atoms with Crippen LogP contribution in [0.3, 0.4) is 0 Å². The first-order valence-corrected chi connectivity index (χ1v) is 8.75. The zero-order valence-electron chi connectivity index (χ0n) is 14.4. The Bertz CT molecular complexity index is 618. The van der Waals surface area contributed by atoms with Gasteiger partial charge < -0.3 is 14.9 Å². The Hall–Kier alpha value is -2.01. The monoisotopic (exact) mass is 342 g/mol. The van der Waals surface area contributed by atoms with Crippen LogP contribution >= 0.6 is 0 Å². The highest BCUT2D eigenvalue weighted by Gasteiger charge is 2.28. The van der Waals surface area contributed by atoms with Crippen molar-refractivity contribution in [1.82, 2.24) is 0 Å². The molecule has 0 saturated carbocycles. The molecular weight excluding hydrogens is 316 g/mol. The number of ketones is 1. The van der Waals surface area contributed by atoms with Gasteiger partial charge in [-0.15, -0.1) is 0 Å². The standard InChI is InChI=1S/C21H26O4/c22-17-9-2-6-12-20(24)25-21(14-7-3-8-15-21)16-13-19(23)18-10-4-1-5-11-18/h1,3-5,7-8,10-11,13-14,16,20,22,24H,2,6,9,12,15,17H2. The lowest BCUT2D eigenvalue weighted by Crippen LogP contribution is -2.33. The van der Waals surface area contributed by atoms with E-state index >= 15 is 0 Å². The van der Waals surface area contributed by atoms with E-state index in [0.717, 1.165) is 19.3 Å². The molecule has 1 aromatic rings. The van der Waals surface area contributed by atoms with Gasteiger partial charge in [0.2, 0.25) is 0 Å². The number of allylic oxidation sites excluding steroid dienone is 3. The van der Waals surface area contributed by atoms with E-state index in [9.17, 15) is 9.90 Å². The number of ether oxygens (including phenoxy) is 1. The number of unbranched alkanes of at least 4 members (excludes halogenated alkanes) is 2. The molecule has 134 valence electrons. The van der Waals surface area contributed by atoms with Gasteiger partial charge in [0.25, 0.3) is 0 Å².